The Morgan fingerprint density at radius 2 is 1.92 bits per heavy atom. The van der Waals surface area contributed by atoms with Crippen molar-refractivity contribution in [2.75, 3.05) is 6.54 Å². The number of benzene rings is 2. The monoisotopic (exact) mass is 344 g/mol. The van der Waals surface area contributed by atoms with Crippen molar-refractivity contribution in [2.24, 2.45) is 11.7 Å². The van der Waals surface area contributed by atoms with Crippen LogP contribution in [-0.4, -0.2) is 18.5 Å². The first-order valence-corrected chi connectivity index (χ1v) is 8.52. The van der Waals surface area contributed by atoms with Gasteiger partial charge in [0, 0.05) is 23.2 Å². The van der Waals surface area contributed by atoms with Crippen LogP contribution in [0, 0.1) is 5.92 Å². The van der Waals surface area contributed by atoms with E-state index in [1.165, 1.54) is 0 Å². The predicted octanol–water partition coefficient (Wildman–Crippen LogP) is 3.39. The van der Waals surface area contributed by atoms with Gasteiger partial charge in [-0.15, -0.1) is 0 Å². The van der Waals surface area contributed by atoms with E-state index in [2.05, 4.69) is 5.32 Å². The summed E-state index contributed by atoms with van der Waals surface area (Å²) in [4.78, 5) is 12.4. The van der Waals surface area contributed by atoms with E-state index in [9.17, 15) is 4.79 Å². The van der Waals surface area contributed by atoms with Crippen molar-refractivity contribution in [2.45, 2.75) is 25.5 Å². The second kappa shape index (κ2) is 7.69. The van der Waals surface area contributed by atoms with Crippen LogP contribution in [0.5, 0.6) is 5.75 Å². The molecule has 0 saturated heterocycles. The first-order chi connectivity index (χ1) is 11.6. The molecule has 1 saturated carbocycles. The van der Waals surface area contributed by atoms with E-state index in [-0.39, 0.29) is 11.9 Å². The second-order valence-electron chi connectivity index (χ2n) is 6.09. The lowest BCUT2D eigenvalue weighted by atomic mass is 10.1. The number of nitrogens with two attached hydrogens (primary N) is 1. The quantitative estimate of drug-likeness (QED) is 0.809. The molecule has 1 unspecified atom stereocenters. The van der Waals surface area contributed by atoms with Gasteiger partial charge in [-0.3, -0.25) is 4.79 Å². The first kappa shape index (κ1) is 16.8. The summed E-state index contributed by atoms with van der Waals surface area (Å²) >= 11 is 6.14. The molecule has 0 aromatic heterocycles. The number of nitrogens with one attached hydrogen (secondary N) is 1. The molecule has 1 amide bonds. The zero-order valence-corrected chi connectivity index (χ0v) is 14.1. The van der Waals surface area contributed by atoms with Gasteiger partial charge in [0.25, 0.3) is 5.91 Å². The number of hydrogen-bond donors (Lipinski definition) is 2. The largest absolute Gasteiger partial charge is 0.488 e. The molecule has 1 fully saturated rings. The fourth-order valence-corrected chi connectivity index (χ4v) is 2.74. The number of carbonyl (C=O) groups is 1. The van der Waals surface area contributed by atoms with Crippen LogP contribution in [0.3, 0.4) is 0 Å². The van der Waals surface area contributed by atoms with E-state index in [0.29, 0.717) is 35.4 Å². The highest BCUT2D eigenvalue weighted by atomic mass is 35.5. The Morgan fingerprint density at radius 3 is 2.67 bits per heavy atom. The summed E-state index contributed by atoms with van der Waals surface area (Å²) in [6, 6.07) is 14.7. The van der Waals surface area contributed by atoms with E-state index in [0.717, 1.165) is 18.4 Å². The van der Waals surface area contributed by atoms with Crippen LogP contribution in [0.25, 0.3) is 0 Å². The molecular formula is C19H21ClN2O2. The smallest absolute Gasteiger partial charge is 0.255 e. The summed E-state index contributed by atoms with van der Waals surface area (Å²) in [5.41, 5.74) is 7.42. The fraction of sp³-hybridized carbons (Fsp3) is 0.316. The average molecular weight is 345 g/mol. The molecule has 126 valence electrons. The number of amides is 1. The van der Waals surface area contributed by atoms with Crippen LogP contribution < -0.4 is 15.8 Å². The van der Waals surface area contributed by atoms with Crippen LogP contribution in [0.4, 0.5) is 0 Å². The van der Waals surface area contributed by atoms with Crippen molar-refractivity contribution in [1.29, 1.82) is 0 Å². The lowest BCUT2D eigenvalue weighted by Crippen LogP contribution is -2.38. The number of carbonyl (C=O) groups excluding carboxylic acids is 1. The van der Waals surface area contributed by atoms with Crippen molar-refractivity contribution in [3.8, 4) is 5.75 Å². The number of ether oxygens (including phenoxy) is 1. The van der Waals surface area contributed by atoms with Crippen LogP contribution in [0.15, 0.2) is 48.5 Å². The van der Waals surface area contributed by atoms with Crippen molar-refractivity contribution in [3.05, 3.63) is 64.7 Å². The Bertz CT molecular complexity index is 716. The van der Waals surface area contributed by atoms with E-state index in [1.54, 1.807) is 12.1 Å². The molecule has 2 aromatic rings. The minimum atomic E-state index is -0.166. The third-order valence-electron chi connectivity index (χ3n) is 4.20. The van der Waals surface area contributed by atoms with E-state index < -0.39 is 0 Å². The van der Waals surface area contributed by atoms with Gasteiger partial charge in [0.05, 0.1) is 5.56 Å². The third kappa shape index (κ3) is 4.28. The number of halogens is 1. The summed E-state index contributed by atoms with van der Waals surface area (Å²) in [5.74, 6) is 0.924. The Balaban J connectivity index is 1.63. The molecule has 0 heterocycles. The summed E-state index contributed by atoms with van der Waals surface area (Å²) in [6.45, 7) is 0.800. The first-order valence-electron chi connectivity index (χ1n) is 8.14. The van der Waals surface area contributed by atoms with Gasteiger partial charge < -0.3 is 15.8 Å². The van der Waals surface area contributed by atoms with Gasteiger partial charge in [-0.25, -0.2) is 0 Å². The van der Waals surface area contributed by atoms with Crippen LogP contribution in [0.1, 0.15) is 28.8 Å². The Hall–Kier alpha value is -2.04. The average Bonchev–Trinajstić information content (AvgIpc) is 3.44. The molecular weight excluding hydrogens is 324 g/mol. The molecule has 3 rings (SSSR count). The highest BCUT2D eigenvalue weighted by molar-refractivity contribution is 6.31. The highest BCUT2D eigenvalue weighted by Gasteiger charge is 2.28. The van der Waals surface area contributed by atoms with Crippen molar-refractivity contribution in [3.63, 3.8) is 0 Å². The lowest BCUT2D eigenvalue weighted by Gasteiger charge is -2.14. The molecule has 4 nitrogen and oxygen atoms in total. The van der Waals surface area contributed by atoms with Gasteiger partial charge in [-0.05, 0) is 37.0 Å². The topological polar surface area (TPSA) is 64.3 Å². The van der Waals surface area contributed by atoms with Gasteiger partial charge >= 0.3 is 0 Å². The van der Waals surface area contributed by atoms with E-state index in [4.69, 9.17) is 22.1 Å². The van der Waals surface area contributed by atoms with Crippen molar-refractivity contribution in [1.82, 2.24) is 5.32 Å². The number of rotatable bonds is 7. The molecule has 1 aliphatic carbocycles. The lowest BCUT2D eigenvalue weighted by molar-refractivity contribution is 0.0945. The number of hydrogen-bond acceptors (Lipinski definition) is 3. The zero-order valence-electron chi connectivity index (χ0n) is 13.4. The van der Waals surface area contributed by atoms with Crippen molar-refractivity contribution < 1.29 is 9.53 Å². The molecule has 1 atom stereocenters. The van der Waals surface area contributed by atoms with Crippen LogP contribution >= 0.6 is 11.6 Å². The summed E-state index contributed by atoms with van der Waals surface area (Å²) in [5, 5.41) is 3.55. The standard InChI is InChI=1S/C19H21ClN2O2/c20-16-7-3-1-5-14(16)12-24-18-8-4-2-6-15(18)19(23)22-11-17(21)13-9-10-13/h1-8,13,17H,9-12,21H2,(H,22,23). The SMILES string of the molecule is NC(CNC(=O)c1ccccc1OCc1ccccc1Cl)C1CC1. The molecule has 2 aromatic carbocycles. The maximum absolute atomic E-state index is 12.4. The summed E-state index contributed by atoms with van der Waals surface area (Å²) in [6.07, 6.45) is 2.32. The Kier molecular flexibility index (Phi) is 5.38. The molecule has 0 radical (unpaired) electrons. The maximum Gasteiger partial charge on any atom is 0.255 e. The van der Waals surface area contributed by atoms with Gasteiger partial charge in [0.1, 0.15) is 12.4 Å². The molecule has 0 bridgehead atoms. The Morgan fingerprint density at radius 1 is 1.21 bits per heavy atom. The molecule has 0 spiro atoms. The minimum Gasteiger partial charge on any atom is -0.488 e. The molecule has 3 N–H and O–H groups in total. The molecule has 0 aliphatic heterocycles. The van der Waals surface area contributed by atoms with Gasteiger partial charge in [0.15, 0.2) is 0 Å². The molecule has 1 aliphatic rings. The zero-order chi connectivity index (χ0) is 16.9. The predicted molar refractivity (Wildman–Crippen MR) is 95.3 cm³/mol. The summed E-state index contributed by atoms with van der Waals surface area (Å²) < 4.78 is 5.82. The fourth-order valence-electron chi connectivity index (χ4n) is 2.55. The second-order valence-corrected chi connectivity index (χ2v) is 6.49. The van der Waals surface area contributed by atoms with Crippen LogP contribution in [0.2, 0.25) is 5.02 Å². The molecule has 5 heteroatoms. The Labute approximate surface area is 147 Å². The minimum absolute atomic E-state index is 0.0326. The van der Waals surface area contributed by atoms with E-state index >= 15 is 0 Å². The highest BCUT2D eigenvalue weighted by Crippen LogP contribution is 2.31. The molecule has 24 heavy (non-hydrogen) atoms. The van der Waals surface area contributed by atoms with Gasteiger partial charge in [0.2, 0.25) is 0 Å². The number of para-hydroxylation sites is 1. The van der Waals surface area contributed by atoms with Crippen molar-refractivity contribution >= 4 is 17.5 Å². The summed E-state index contributed by atoms with van der Waals surface area (Å²) in [7, 11) is 0. The van der Waals surface area contributed by atoms with Gasteiger partial charge in [-0.2, -0.15) is 0 Å². The maximum atomic E-state index is 12.4. The normalized spacial score (nSPS) is 14.9. The van der Waals surface area contributed by atoms with E-state index in [1.807, 2.05) is 36.4 Å². The van der Waals surface area contributed by atoms with Crippen LogP contribution in [-0.2, 0) is 6.61 Å². The van der Waals surface area contributed by atoms with Gasteiger partial charge in [-0.1, -0.05) is 41.9 Å². The third-order valence-corrected chi connectivity index (χ3v) is 4.57.